The van der Waals surface area contributed by atoms with Crippen LogP contribution in [0.3, 0.4) is 0 Å². The maximum Gasteiger partial charge on any atom is 0.303 e. The highest BCUT2D eigenvalue weighted by Gasteiger charge is 2.51. The molecule has 4 atom stereocenters. The first-order chi connectivity index (χ1) is 15.8. The average molecular weight is 516 g/mol. The van der Waals surface area contributed by atoms with Crippen LogP contribution in [0.15, 0.2) is 12.1 Å². The van der Waals surface area contributed by atoms with Crippen LogP contribution in [0.2, 0.25) is 10.0 Å². The van der Waals surface area contributed by atoms with E-state index in [9.17, 15) is 14.4 Å². The van der Waals surface area contributed by atoms with E-state index in [-0.39, 0.29) is 11.6 Å². The molecule has 0 saturated carbocycles. The lowest BCUT2D eigenvalue weighted by Crippen LogP contribution is -2.40. The third-order valence-corrected chi connectivity index (χ3v) is 5.54. The predicted octanol–water partition coefficient (Wildman–Crippen LogP) is 3.88. The van der Waals surface area contributed by atoms with Crippen molar-refractivity contribution < 1.29 is 33.3 Å². The number of benzene rings is 1. The summed E-state index contributed by atoms with van der Waals surface area (Å²) in [4.78, 5) is 39.9. The predicted molar refractivity (Wildman–Crippen MR) is 125 cm³/mol. The Hall–Kier alpha value is -2.56. The molecule has 1 aromatic carbocycles. The Bertz CT molecular complexity index is 1110. The minimum Gasteiger partial charge on any atom is -0.463 e. The summed E-state index contributed by atoms with van der Waals surface area (Å²) in [5, 5.41) is 3.90. The van der Waals surface area contributed by atoms with Gasteiger partial charge in [0.2, 0.25) is 5.95 Å². The number of carbonyl (C=O) groups excluding carboxylic acids is 3. The number of nitrogens with one attached hydrogen (secondary N) is 1. The van der Waals surface area contributed by atoms with Gasteiger partial charge in [-0.3, -0.25) is 19.0 Å². The van der Waals surface area contributed by atoms with E-state index in [2.05, 4.69) is 10.3 Å². The Labute approximate surface area is 206 Å². The zero-order valence-electron chi connectivity index (χ0n) is 19.7. The summed E-state index contributed by atoms with van der Waals surface area (Å²) in [6, 6.07) is 3.23. The Morgan fingerprint density at radius 1 is 1.03 bits per heavy atom. The molecule has 0 amide bonds. The number of rotatable bonds is 6. The molecule has 34 heavy (non-hydrogen) atoms. The third-order valence-electron chi connectivity index (χ3n) is 4.81. The topological polar surface area (TPSA) is 118 Å². The normalized spacial score (nSPS) is 22.5. The van der Waals surface area contributed by atoms with Crippen LogP contribution in [0.5, 0.6) is 0 Å². The maximum absolute atomic E-state index is 12.0. The van der Waals surface area contributed by atoms with Gasteiger partial charge in [0, 0.05) is 26.3 Å². The summed E-state index contributed by atoms with van der Waals surface area (Å²) < 4.78 is 24.0. The molecule has 2 aromatic rings. The van der Waals surface area contributed by atoms with Crippen LogP contribution < -0.4 is 5.32 Å². The molecule has 0 radical (unpaired) electrons. The Kier molecular flexibility index (Phi) is 7.64. The van der Waals surface area contributed by atoms with Crippen molar-refractivity contribution >= 4 is 58.1 Å². The van der Waals surface area contributed by atoms with Crippen LogP contribution in [-0.4, -0.2) is 57.9 Å². The van der Waals surface area contributed by atoms with Gasteiger partial charge in [0.15, 0.2) is 18.4 Å². The quantitative estimate of drug-likeness (QED) is 0.451. The van der Waals surface area contributed by atoms with Gasteiger partial charge in [-0.1, -0.05) is 23.2 Å². The lowest BCUT2D eigenvalue weighted by molar-refractivity contribution is -0.166. The Morgan fingerprint density at radius 2 is 1.62 bits per heavy atom. The second kappa shape index (κ2) is 9.97. The third kappa shape index (κ3) is 5.92. The molecule has 1 aromatic heterocycles. The van der Waals surface area contributed by atoms with Crippen molar-refractivity contribution in [2.24, 2.45) is 0 Å². The first-order valence-corrected chi connectivity index (χ1v) is 11.3. The molecule has 0 aliphatic carbocycles. The van der Waals surface area contributed by atoms with Gasteiger partial charge in [0.1, 0.15) is 12.7 Å². The summed E-state index contributed by atoms with van der Waals surface area (Å²) in [5.41, 5.74) is 0.645. The number of carbonyl (C=O) groups is 3. The summed E-state index contributed by atoms with van der Waals surface area (Å²) in [5.74, 6) is -1.38. The van der Waals surface area contributed by atoms with Crippen molar-refractivity contribution in [2.45, 2.75) is 71.6 Å². The minimum absolute atomic E-state index is 0.219. The van der Waals surface area contributed by atoms with E-state index in [4.69, 9.17) is 42.1 Å². The number of hydrogen-bond donors (Lipinski definition) is 1. The number of ether oxygens (including phenoxy) is 4. The number of anilines is 1. The van der Waals surface area contributed by atoms with Crippen molar-refractivity contribution in [3.05, 3.63) is 22.2 Å². The van der Waals surface area contributed by atoms with Gasteiger partial charge in [0.05, 0.1) is 21.1 Å². The van der Waals surface area contributed by atoms with E-state index in [1.807, 2.05) is 20.8 Å². The van der Waals surface area contributed by atoms with Gasteiger partial charge in [-0.15, -0.1) is 0 Å². The van der Waals surface area contributed by atoms with E-state index >= 15 is 0 Å². The molecule has 1 saturated heterocycles. The van der Waals surface area contributed by atoms with E-state index in [0.29, 0.717) is 22.0 Å². The molecule has 0 unspecified atom stereocenters. The molecule has 12 heteroatoms. The lowest BCUT2D eigenvalue weighted by atomic mass is 10.1. The van der Waals surface area contributed by atoms with Gasteiger partial charge in [-0.05, 0) is 32.9 Å². The van der Waals surface area contributed by atoms with Crippen LogP contribution in [-0.2, 0) is 33.3 Å². The largest absolute Gasteiger partial charge is 0.463 e. The van der Waals surface area contributed by atoms with Gasteiger partial charge in [0.25, 0.3) is 0 Å². The highest BCUT2D eigenvalue weighted by Crippen LogP contribution is 2.40. The zero-order chi connectivity index (χ0) is 25.4. The number of halogens is 2. The molecule has 3 rings (SSSR count). The van der Waals surface area contributed by atoms with E-state index < -0.39 is 48.0 Å². The SMILES string of the molecule is CC(=O)OC[C@H]1O[C@@H](n2c(NC(C)(C)C)nc3cc(Cl)c(Cl)cc32)[C@H](OC(C)=O)[C@@H]1OC(C)=O. The van der Waals surface area contributed by atoms with Crippen molar-refractivity contribution in [1.82, 2.24) is 9.55 Å². The summed E-state index contributed by atoms with van der Waals surface area (Å²) in [7, 11) is 0. The van der Waals surface area contributed by atoms with E-state index in [1.54, 1.807) is 16.7 Å². The van der Waals surface area contributed by atoms with Crippen LogP contribution in [0, 0.1) is 0 Å². The summed E-state index contributed by atoms with van der Waals surface area (Å²) in [6.07, 6.45) is -4.03. The zero-order valence-corrected chi connectivity index (χ0v) is 21.2. The lowest BCUT2D eigenvalue weighted by Gasteiger charge is -2.27. The fourth-order valence-corrected chi connectivity index (χ4v) is 3.99. The molecule has 1 fully saturated rings. The van der Waals surface area contributed by atoms with Gasteiger partial charge < -0.3 is 24.3 Å². The molecule has 1 N–H and O–H groups in total. The fraction of sp³-hybridized carbons (Fsp3) is 0.545. The molecule has 186 valence electrons. The van der Waals surface area contributed by atoms with E-state index in [1.165, 1.54) is 20.8 Å². The maximum atomic E-state index is 12.0. The first-order valence-electron chi connectivity index (χ1n) is 10.5. The van der Waals surface area contributed by atoms with Gasteiger partial charge >= 0.3 is 17.9 Å². The standard InChI is InChI=1S/C22H27Cl2N3O7/c1-10(28)31-9-17-18(32-11(2)29)19(33-12(3)30)20(34-17)27-16-8-14(24)13(23)7-15(16)25-21(27)26-22(4,5)6/h7-8,17-20H,9H2,1-6H3,(H,25,26)/t17-,18-,19-,20-/m1/s1. The summed E-state index contributed by atoms with van der Waals surface area (Å²) in [6.45, 7) is 9.32. The van der Waals surface area contributed by atoms with Gasteiger partial charge in [-0.2, -0.15) is 0 Å². The highest BCUT2D eigenvalue weighted by molar-refractivity contribution is 6.42. The molecule has 0 spiro atoms. The monoisotopic (exact) mass is 515 g/mol. The van der Waals surface area contributed by atoms with E-state index in [0.717, 1.165) is 0 Å². The number of imidazole rings is 1. The first kappa shape index (κ1) is 26.1. The molecule has 1 aliphatic heterocycles. The molecular formula is C22H27Cl2N3O7. The van der Waals surface area contributed by atoms with Crippen molar-refractivity contribution in [1.29, 1.82) is 0 Å². The Balaban J connectivity index is 2.18. The van der Waals surface area contributed by atoms with Gasteiger partial charge in [-0.25, -0.2) is 4.98 Å². The van der Waals surface area contributed by atoms with Crippen molar-refractivity contribution in [3.8, 4) is 0 Å². The number of hydrogen-bond acceptors (Lipinski definition) is 9. The molecule has 1 aliphatic rings. The number of fused-ring (bicyclic) bond motifs is 1. The molecular weight excluding hydrogens is 489 g/mol. The summed E-state index contributed by atoms with van der Waals surface area (Å²) >= 11 is 12.5. The van der Waals surface area contributed by atoms with Crippen LogP contribution in [0.4, 0.5) is 5.95 Å². The molecule has 0 bridgehead atoms. The number of esters is 3. The molecule has 2 heterocycles. The number of aromatic nitrogens is 2. The smallest absolute Gasteiger partial charge is 0.303 e. The number of nitrogens with zero attached hydrogens (tertiary/aromatic N) is 2. The molecule has 10 nitrogen and oxygen atoms in total. The van der Waals surface area contributed by atoms with Crippen molar-refractivity contribution in [3.63, 3.8) is 0 Å². The minimum atomic E-state index is -1.07. The highest BCUT2D eigenvalue weighted by atomic mass is 35.5. The average Bonchev–Trinajstić information content (AvgIpc) is 3.16. The van der Waals surface area contributed by atoms with Crippen molar-refractivity contribution in [2.75, 3.05) is 11.9 Å². The second-order valence-electron chi connectivity index (χ2n) is 8.95. The van der Waals surface area contributed by atoms with Crippen LogP contribution in [0.25, 0.3) is 11.0 Å². The fourth-order valence-electron chi connectivity index (χ4n) is 3.67. The Morgan fingerprint density at radius 3 is 2.18 bits per heavy atom. The van der Waals surface area contributed by atoms with Crippen LogP contribution >= 0.6 is 23.2 Å². The second-order valence-corrected chi connectivity index (χ2v) is 9.77. The van der Waals surface area contributed by atoms with Crippen LogP contribution in [0.1, 0.15) is 47.8 Å².